The summed E-state index contributed by atoms with van der Waals surface area (Å²) in [6.45, 7) is 4.84. The maximum Gasteiger partial charge on any atom is 0.0155 e. The van der Waals surface area contributed by atoms with Crippen molar-refractivity contribution in [3.63, 3.8) is 0 Å². The molecule has 0 aromatic heterocycles. The molecular weight excluding hydrogens is 733 g/mol. The lowest BCUT2D eigenvalue weighted by Crippen LogP contribution is -2.40. The van der Waals surface area contributed by atoms with Gasteiger partial charge in [0.05, 0.1) is 0 Å². The molecule has 0 radical (unpaired) electrons. The van der Waals surface area contributed by atoms with Gasteiger partial charge in [0.15, 0.2) is 0 Å². The van der Waals surface area contributed by atoms with Gasteiger partial charge in [-0.2, -0.15) is 0 Å². The Hall–Kier alpha value is -6.24. The van der Waals surface area contributed by atoms with Crippen molar-refractivity contribution in [1.82, 2.24) is 0 Å². The van der Waals surface area contributed by atoms with Gasteiger partial charge in [0.1, 0.15) is 0 Å². The third-order valence-corrected chi connectivity index (χ3v) is 14.7. The Morgan fingerprint density at radius 1 is 0.590 bits per heavy atom. The second-order valence-corrected chi connectivity index (χ2v) is 18.4. The fourth-order valence-electron chi connectivity index (χ4n) is 11.7. The van der Waals surface area contributed by atoms with Crippen LogP contribution < -0.4 is 10.4 Å². The molecule has 0 N–H and O–H groups in total. The first kappa shape index (κ1) is 37.7. The fourth-order valence-corrected chi connectivity index (χ4v) is 11.7. The second kappa shape index (κ2) is 15.7. The van der Waals surface area contributed by atoms with Gasteiger partial charge in [0, 0.05) is 17.3 Å². The number of fused-ring (bicyclic) bond motifs is 4. The highest BCUT2D eigenvalue weighted by Crippen LogP contribution is 2.53. The van der Waals surface area contributed by atoms with Crippen LogP contribution in [0.3, 0.4) is 0 Å². The summed E-state index contributed by atoms with van der Waals surface area (Å²) in [4.78, 5) is 0. The number of benzene rings is 4. The lowest BCUT2D eigenvalue weighted by molar-refractivity contribution is 0.650. The summed E-state index contributed by atoms with van der Waals surface area (Å²) in [7, 11) is 0. The van der Waals surface area contributed by atoms with Crippen LogP contribution in [0.2, 0.25) is 0 Å². The molecule has 0 saturated carbocycles. The van der Waals surface area contributed by atoms with Gasteiger partial charge in [0.25, 0.3) is 0 Å². The zero-order valence-electron chi connectivity index (χ0n) is 35.6. The SMILES string of the molecule is CC1(C)C2=C(CCC(C(=C3C=CC=CC3)c3ccccc3CC3=CC=C(C4=CC=C(C5=c6ccccc6=C(c6ccccc6)C6C=CC=CC56)CC4)CC3)=C2)c2ccccc21. The largest absolute Gasteiger partial charge is 0.0801 e. The van der Waals surface area contributed by atoms with Crippen LogP contribution in [0.25, 0.3) is 22.3 Å². The molecule has 11 rings (SSSR count). The van der Waals surface area contributed by atoms with Gasteiger partial charge >= 0.3 is 0 Å². The Labute approximate surface area is 362 Å². The van der Waals surface area contributed by atoms with E-state index in [1.54, 1.807) is 5.57 Å². The van der Waals surface area contributed by atoms with E-state index in [4.69, 9.17) is 0 Å². The van der Waals surface area contributed by atoms with Crippen LogP contribution >= 0.6 is 0 Å². The zero-order chi connectivity index (χ0) is 40.9. The van der Waals surface area contributed by atoms with Crippen LogP contribution in [0.1, 0.15) is 86.6 Å². The van der Waals surface area contributed by atoms with E-state index in [0.29, 0.717) is 11.8 Å². The lowest BCUT2D eigenvalue weighted by atomic mass is 9.69. The number of rotatable bonds is 7. The quantitative estimate of drug-likeness (QED) is 0.175. The summed E-state index contributed by atoms with van der Waals surface area (Å²) in [6, 6.07) is 38.6. The molecule has 0 heterocycles. The van der Waals surface area contributed by atoms with Crippen molar-refractivity contribution in [3.8, 4) is 0 Å². The van der Waals surface area contributed by atoms with Crippen LogP contribution in [0.4, 0.5) is 0 Å². The molecule has 4 aromatic rings. The topological polar surface area (TPSA) is 0 Å². The number of hydrogen-bond acceptors (Lipinski definition) is 0. The zero-order valence-corrected chi connectivity index (χ0v) is 35.6. The Bertz CT molecular complexity index is 2960. The van der Waals surface area contributed by atoms with Crippen LogP contribution in [0.5, 0.6) is 0 Å². The molecule has 2 atom stereocenters. The van der Waals surface area contributed by atoms with Gasteiger partial charge in [-0.1, -0.05) is 202 Å². The van der Waals surface area contributed by atoms with Crippen molar-refractivity contribution < 1.29 is 0 Å². The van der Waals surface area contributed by atoms with E-state index >= 15 is 0 Å². The fraction of sp³-hybridized carbons (Fsp3) is 0.213. The predicted molar refractivity (Wildman–Crippen MR) is 258 cm³/mol. The van der Waals surface area contributed by atoms with E-state index in [2.05, 4.69) is 196 Å². The molecule has 0 nitrogen and oxygen atoms in total. The van der Waals surface area contributed by atoms with Gasteiger partial charge < -0.3 is 0 Å². The normalized spacial score (nSPS) is 23.0. The summed E-state index contributed by atoms with van der Waals surface area (Å²) < 4.78 is 0. The summed E-state index contributed by atoms with van der Waals surface area (Å²) >= 11 is 0. The molecule has 0 aliphatic heterocycles. The third-order valence-electron chi connectivity index (χ3n) is 14.7. The Morgan fingerprint density at radius 3 is 2.02 bits per heavy atom. The Morgan fingerprint density at radius 2 is 1.26 bits per heavy atom. The molecular formula is C61H54. The third kappa shape index (κ3) is 6.69. The minimum absolute atomic E-state index is 0.0101. The Kier molecular flexibility index (Phi) is 9.69. The van der Waals surface area contributed by atoms with Crippen molar-refractivity contribution in [2.45, 2.75) is 70.6 Å². The molecule has 7 aliphatic rings. The summed E-state index contributed by atoms with van der Waals surface area (Å²) in [6.07, 6.45) is 39.4. The average Bonchev–Trinajstić information content (AvgIpc) is 3.55. The minimum atomic E-state index is 0.0101. The molecule has 0 bridgehead atoms. The maximum absolute atomic E-state index is 2.59. The molecule has 0 spiro atoms. The molecule has 61 heavy (non-hydrogen) atoms. The maximum atomic E-state index is 2.59. The van der Waals surface area contributed by atoms with E-state index in [-0.39, 0.29) is 5.41 Å². The van der Waals surface area contributed by atoms with E-state index in [9.17, 15) is 0 Å². The molecule has 2 unspecified atom stereocenters. The van der Waals surface area contributed by atoms with Gasteiger partial charge in [-0.25, -0.2) is 0 Å². The molecule has 0 saturated heterocycles. The standard InChI is InChI=1S/C61H54/c1-61(2)56-28-16-15-23-50(56)51-38-37-48(40-57(51)61)58(44-17-5-3-6-18-44)49-22-10-9-21-47(49)39-41-29-31-42(32-30-41)43-33-35-46(36-34-43)60-54-26-13-11-24-52(54)59(45-19-7-4-8-20-45)53-25-12-14-27-55(53)60/h3-17,19-29,31,33,35,40,52,54H,18,30,32,34,36-39H2,1-2H3. The van der Waals surface area contributed by atoms with E-state index in [1.807, 2.05) is 0 Å². The summed E-state index contributed by atoms with van der Waals surface area (Å²) in [5, 5.41) is 2.79. The molecule has 0 fully saturated rings. The van der Waals surface area contributed by atoms with E-state index < -0.39 is 0 Å². The van der Waals surface area contributed by atoms with E-state index in [1.165, 1.54) is 94.0 Å². The minimum Gasteiger partial charge on any atom is -0.0801 e. The smallest absolute Gasteiger partial charge is 0.0155 e. The van der Waals surface area contributed by atoms with Crippen molar-refractivity contribution in [2.75, 3.05) is 0 Å². The Balaban J connectivity index is 0.897. The first-order valence-corrected chi connectivity index (χ1v) is 22.7. The predicted octanol–water partition coefficient (Wildman–Crippen LogP) is 13.7. The van der Waals surface area contributed by atoms with Crippen LogP contribution in [0, 0.1) is 11.8 Å². The van der Waals surface area contributed by atoms with Crippen LogP contribution in [-0.2, 0) is 11.8 Å². The van der Waals surface area contributed by atoms with Crippen LogP contribution in [0.15, 0.2) is 221 Å². The van der Waals surface area contributed by atoms with Crippen LogP contribution in [-0.4, -0.2) is 0 Å². The number of hydrogen-bond donors (Lipinski definition) is 0. The number of allylic oxidation sites excluding steroid dienone is 22. The average molecular weight is 787 g/mol. The molecule has 7 aliphatic carbocycles. The molecule has 298 valence electrons. The summed E-state index contributed by atoms with van der Waals surface area (Å²) in [5.74, 6) is 0.680. The van der Waals surface area contributed by atoms with Crippen molar-refractivity contribution in [3.05, 3.63) is 259 Å². The van der Waals surface area contributed by atoms with Crippen molar-refractivity contribution >= 4 is 22.3 Å². The molecule has 4 aromatic carbocycles. The second-order valence-electron chi connectivity index (χ2n) is 18.4. The van der Waals surface area contributed by atoms with Crippen molar-refractivity contribution in [1.29, 1.82) is 0 Å². The first-order valence-electron chi connectivity index (χ1n) is 22.7. The monoisotopic (exact) mass is 786 g/mol. The van der Waals surface area contributed by atoms with Gasteiger partial charge in [0.2, 0.25) is 0 Å². The highest BCUT2D eigenvalue weighted by Gasteiger charge is 2.38. The van der Waals surface area contributed by atoms with Crippen molar-refractivity contribution in [2.24, 2.45) is 11.8 Å². The summed E-state index contributed by atoms with van der Waals surface area (Å²) in [5.41, 5.74) is 23.6. The van der Waals surface area contributed by atoms with Gasteiger partial charge in [-0.05, 0) is 145 Å². The first-order chi connectivity index (χ1) is 30.0. The molecule has 0 amide bonds. The van der Waals surface area contributed by atoms with Gasteiger partial charge in [-0.3, -0.25) is 0 Å². The lowest BCUT2D eigenvalue weighted by Gasteiger charge is -2.35. The highest BCUT2D eigenvalue weighted by atomic mass is 14.4. The highest BCUT2D eigenvalue weighted by molar-refractivity contribution is 5.91. The molecule has 0 heteroatoms. The van der Waals surface area contributed by atoms with Gasteiger partial charge in [-0.15, -0.1) is 0 Å². The van der Waals surface area contributed by atoms with E-state index in [0.717, 1.165) is 51.4 Å².